The molecule has 0 heterocycles. The highest BCUT2D eigenvalue weighted by Gasteiger charge is 2.41. The first-order valence-electron chi connectivity index (χ1n) is 9.84. The summed E-state index contributed by atoms with van der Waals surface area (Å²) in [7, 11) is -3.45. The van der Waals surface area contributed by atoms with Crippen LogP contribution in [-0.4, -0.2) is 40.2 Å². The van der Waals surface area contributed by atoms with Crippen LogP contribution in [0.4, 0.5) is 11.4 Å². The number of anilines is 2. The highest BCUT2D eigenvalue weighted by Crippen LogP contribution is 2.44. The molecule has 0 unspecified atom stereocenters. The molecule has 6 nitrogen and oxygen atoms in total. The number of halogens is 2. The second-order valence-electron chi connectivity index (χ2n) is 8.96. The number of nitrogens with zero attached hydrogens (tertiary/aromatic N) is 1. The van der Waals surface area contributed by atoms with Crippen LogP contribution < -0.4 is 15.1 Å². The van der Waals surface area contributed by atoms with E-state index in [0.717, 1.165) is 4.31 Å². The van der Waals surface area contributed by atoms with E-state index in [-0.39, 0.29) is 25.8 Å². The number of rotatable bonds is 6. The number of para-hydroxylation sites is 1. The van der Waals surface area contributed by atoms with Gasteiger partial charge in [-0.05, 0) is 54.6 Å². The molecule has 0 radical (unpaired) electrons. The fourth-order valence-electron chi connectivity index (χ4n) is 2.41. The number of hydrogen-bond donors (Lipinski definition) is 2. The van der Waals surface area contributed by atoms with E-state index in [9.17, 15) is 8.42 Å². The summed E-state index contributed by atoms with van der Waals surface area (Å²) in [5, 5.41) is 6.71. The molecule has 0 atom stereocenters. The number of nitrogens with one attached hydrogen (secondary N) is 2. The Bertz CT molecular complexity index is 1120. The lowest BCUT2D eigenvalue weighted by Gasteiger charge is -2.37. The van der Waals surface area contributed by atoms with Gasteiger partial charge in [-0.3, -0.25) is 0 Å². The van der Waals surface area contributed by atoms with Crippen LogP contribution in [0.25, 0.3) is 0 Å². The largest absolute Gasteiger partial charge is 0.541 e. The van der Waals surface area contributed by atoms with Gasteiger partial charge in [0.05, 0.1) is 21.4 Å². The van der Waals surface area contributed by atoms with Gasteiger partial charge in [-0.15, -0.1) is 0 Å². The van der Waals surface area contributed by atoms with Crippen molar-refractivity contribution in [2.24, 2.45) is 0 Å². The lowest BCUT2D eigenvalue weighted by molar-refractivity contribution is 0.474. The van der Waals surface area contributed by atoms with Crippen molar-refractivity contribution in [3.8, 4) is 5.75 Å². The van der Waals surface area contributed by atoms with E-state index >= 15 is 0 Å². The lowest BCUT2D eigenvalue weighted by Crippen LogP contribution is -2.44. The summed E-state index contributed by atoms with van der Waals surface area (Å²) in [6.07, 6.45) is 0. The number of benzene rings is 2. The molecule has 0 aliphatic rings. The van der Waals surface area contributed by atoms with Gasteiger partial charge in [0.2, 0.25) is 10.0 Å². The van der Waals surface area contributed by atoms with Gasteiger partial charge in [0.15, 0.2) is 5.11 Å². The Hall–Kier alpha value is -1.36. The van der Waals surface area contributed by atoms with Crippen molar-refractivity contribution in [1.29, 1.82) is 0 Å². The van der Waals surface area contributed by atoms with E-state index < -0.39 is 18.3 Å². The Balaban J connectivity index is 2.59. The molecular weight excluding hydrogens is 505 g/mol. The summed E-state index contributed by atoms with van der Waals surface area (Å²) in [6, 6.07) is 10.3. The summed E-state index contributed by atoms with van der Waals surface area (Å²) < 4.78 is 33.9. The lowest BCUT2D eigenvalue weighted by atomic mass is 10.2. The van der Waals surface area contributed by atoms with Crippen LogP contribution in [-0.2, 0) is 10.0 Å². The second kappa shape index (κ2) is 9.86. The Morgan fingerprint density at radius 2 is 1.56 bits per heavy atom. The molecule has 176 valence electrons. The van der Waals surface area contributed by atoms with E-state index in [1.807, 2.05) is 25.2 Å². The summed E-state index contributed by atoms with van der Waals surface area (Å²) >= 11 is 18.1. The molecule has 2 N–H and O–H groups in total. The first-order valence-corrected chi connectivity index (χ1v) is 15.4. The minimum absolute atomic E-state index is 0.0722. The Morgan fingerprint density at radius 3 is 2.09 bits per heavy atom. The van der Waals surface area contributed by atoms with E-state index in [0.29, 0.717) is 16.4 Å². The van der Waals surface area contributed by atoms with Crippen molar-refractivity contribution in [3.05, 3.63) is 46.4 Å². The van der Waals surface area contributed by atoms with Crippen LogP contribution in [0.2, 0.25) is 28.2 Å². The Kier molecular flexibility index (Phi) is 8.29. The highest BCUT2D eigenvalue weighted by molar-refractivity contribution is 7.89. The Labute approximate surface area is 207 Å². The summed E-state index contributed by atoms with van der Waals surface area (Å²) in [5.41, 5.74) is 1.01. The van der Waals surface area contributed by atoms with Crippen LogP contribution >= 0.6 is 35.4 Å². The molecule has 0 bridgehead atoms. The van der Waals surface area contributed by atoms with Crippen LogP contribution in [0.3, 0.4) is 0 Å². The van der Waals surface area contributed by atoms with E-state index in [2.05, 4.69) is 31.4 Å². The minimum Gasteiger partial charge on any atom is -0.541 e. The molecule has 0 fully saturated rings. The van der Waals surface area contributed by atoms with Gasteiger partial charge in [-0.25, -0.2) is 12.7 Å². The zero-order valence-corrected chi connectivity index (χ0v) is 23.4. The zero-order chi connectivity index (χ0) is 24.5. The molecule has 2 aromatic rings. The first-order chi connectivity index (χ1) is 14.6. The topological polar surface area (TPSA) is 70.7 Å². The van der Waals surface area contributed by atoms with Crippen LogP contribution in [0.15, 0.2) is 41.3 Å². The summed E-state index contributed by atoms with van der Waals surface area (Å²) in [4.78, 5) is -0.0977. The molecule has 0 aliphatic carbocycles. The van der Waals surface area contributed by atoms with Gasteiger partial charge in [0.1, 0.15) is 10.6 Å². The molecule has 0 saturated carbocycles. The van der Waals surface area contributed by atoms with E-state index in [4.69, 9.17) is 39.8 Å². The Morgan fingerprint density at radius 1 is 1.00 bits per heavy atom. The van der Waals surface area contributed by atoms with Crippen LogP contribution in [0.1, 0.15) is 20.8 Å². The normalized spacial score (nSPS) is 12.6. The van der Waals surface area contributed by atoms with Crippen molar-refractivity contribution in [3.63, 3.8) is 0 Å². The minimum atomic E-state index is -3.91. The number of thiocarbonyl (C=S) groups is 1. The van der Waals surface area contributed by atoms with Gasteiger partial charge in [-0.1, -0.05) is 56.1 Å². The first kappa shape index (κ1) is 26.9. The summed E-state index contributed by atoms with van der Waals surface area (Å²) in [6.45, 7) is 10.3. The fraction of sp³-hybridized carbons (Fsp3) is 0.381. The van der Waals surface area contributed by atoms with Gasteiger partial charge < -0.3 is 15.1 Å². The van der Waals surface area contributed by atoms with Crippen molar-refractivity contribution in [1.82, 2.24) is 4.31 Å². The third kappa shape index (κ3) is 5.95. The highest BCUT2D eigenvalue weighted by atomic mass is 35.5. The smallest absolute Gasteiger partial charge is 0.250 e. The maximum atomic E-state index is 13.2. The van der Waals surface area contributed by atoms with Crippen LogP contribution in [0.5, 0.6) is 5.75 Å². The predicted octanol–water partition coefficient (Wildman–Crippen LogP) is 6.44. The van der Waals surface area contributed by atoms with Crippen molar-refractivity contribution in [2.75, 3.05) is 24.7 Å². The number of sulfonamides is 1. The van der Waals surface area contributed by atoms with Gasteiger partial charge in [0, 0.05) is 14.1 Å². The second-order valence-corrected chi connectivity index (χ2v) is 17.0. The fourth-order valence-corrected chi connectivity index (χ4v) is 5.42. The predicted molar refractivity (Wildman–Crippen MR) is 141 cm³/mol. The van der Waals surface area contributed by atoms with Crippen molar-refractivity contribution < 1.29 is 12.8 Å². The third-order valence-corrected chi connectivity index (χ3v) is 12.5. The molecule has 0 aliphatic heterocycles. The molecule has 0 aromatic heterocycles. The average Bonchev–Trinajstić information content (AvgIpc) is 2.64. The number of hydrogen-bond acceptors (Lipinski definition) is 4. The van der Waals surface area contributed by atoms with E-state index in [1.54, 1.807) is 18.2 Å². The van der Waals surface area contributed by atoms with E-state index in [1.165, 1.54) is 20.2 Å². The SMILES string of the molecule is CN(C)S(=O)(=O)c1c(Cl)ccc(NC(=S)Nc2ccccc2Cl)c1O[Si](C)(C)C(C)(C)C. The standard InChI is InChI=1S/C21H29Cl2N3O3S2Si/c1-21(2,3)32(6,7)29-18-17(13-12-15(23)19(18)31(27,28)26(4)5)25-20(30)24-16-11-9-8-10-14(16)22/h8-13H,1-7H3,(H2,24,25,30). The zero-order valence-electron chi connectivity index (χ0n) is 19.2. The van der Waals surface area contributed by atoms with Crippen molar-refractivity contribution in [2.45, 2.75) is 43.8 Å². The molecule has 32 heavy (non-hydrogen) atoms. The maximum Gasteiger partial charge on any atom is 0.250 e. The third-order valence-electron chi connectivity index (χ3n) is 5.34. The van der Waals surface area contributed by atoms with Crippen LogP contribution in [0, 0.1) is 0 Å². The molecule has 0 spiro atoms. The molecule has 0 amide bonds. The summed E-state index contributed by atoms with van der Waals surface area (Å²) in [5.74, 6) is 0.154. The molecular formula is C21H29Cl2N3O3S2Si. The monoisotopic (exact) mass is 533 g/mol. The molecule has 2 aromatic carbocycles. The quantitative estimate of drug-likeness (QED) is 0.329. The van der Waals surface area contributed by atoms with Gasteiger partial charge in [0.25, 0.3) is 8.32 Å². The average molecular weight is 535 g/mol. The molecule has 11 heteroatoms. The maximum absolute atomic E-state index is 13.2. The van der Waals surface area contributed by atoms with Gasteiger partial charge in [-0.2, -0.15) is 0 Å². The molecule has 0 saturated heterocycles. The van der Waals surface area contributed by atoms with Gasteiger partial charge >= 0.3 is 0 Å². The molecule has 2 rings (SSSR count). The van der Waals surface area contributed by atoms with Crippen molar-refractivity contribution >= 4 is 70.2 Å².